The van der Waals surface area contributed by atoms with Crippen LogP contribution in [0.3, 0.4) is 0 Å². The van der Waals surface area contributed by atoms with Gasteiger partial charge in [0.25, 0.3) is 0 Å². The number of hydrogen-bond acceptors (Lipinski definition) is 6. The van der Waals surface area contributed by atoms with Crippen molar-refractivity contribution in [2.75, 3.05) is 27.5 Å². The summed E-state index contributed by atoms with van der Waals surface area (Å²) in [5, 5.41) is 0. The maximum atomic E-state index is 13.0. The van der Waals surface area contributed by atoms with E-state index in [0.29, 0.717) is 42.0 Å². The minimum Gasteiger partial charge on any atom is -0.497 e. The van der Waals surface area contributed by atoms with Gasteiger partial charge in [0.15, 0.2) is 5.76 Å². The Morgan fingerprint density at radius 3 is 2.72 bits per heavy atom. The van der Waals surface area contributed by atoms with Crippen LogP contribution in [0.15, 0.2) is 36.1 Å². The Morgan fingerprint density at radius 2 is 2.00 bits per heavy atom. The molecule has 2 aromatic rings. The van der Waals surface area contributed by atoms with E-state index < -0.39 is 0 Å². The van der Waals surface area contributed by atoms with Crippen molar-refractivity contribution < 1.29 is 23.7 Å². The van der Waals surface area contributed by atoms with Crippen molar-refractivity contribution in [1.82, 2.24) is 4.90 Å². The van der Waals surface area contributed by atoms with E-state index >= 15 is 0 Å². The Morgan fingerprint density at radius 1 is 1.17 bits per heavy atom. The van der Waals surface area contributed by atoms with Crippen molar-refractivity contribution >= 4 is 11.9 Å². The molecule has 6 heteroatoms. The number of hydrogen-bond donors (Lipinski definition) is 0. The summed E-state index contributed by atoms with van der Waals surface area (Å²) < 4.78 is 22.7. The maximum absolute atomic E-state index is 13.0. The molecule has 0 N–H and O–H groups in total. The number of allylic oxidation sites excluding steroid dienone is 1. The summed E-state index contributed by atoms with van der Waals surface area (Å²) in [6, 6.07) is 9.06. The van der Waals surface area contributed by atoms with E-state index in [0.717, 1.165) is 23.4 Å². The molecular weight excluding hydrogens is 370 g/mol. The van der Waals surface area contributed by atoms with Crippen LogP contribution in [-0.2, 0) is 6.54 Å². The topological polar surface area (TPSA) is 57.2 Å². The molecule has 6 nitrogen and oxygen atoms in total. The molecule has 0 bridgehead atoms. The predicted octanol–water partition coefficient (Wildman–Crippen LogP) is 4.13. The third kappa shape index (κ3) is 3.68. The zero-order valence-corrected chi connectivity index (χ0v) is 17.2. The van der Waals surface area contributed by atoms with E-state index in [1.54, 1.807) is 32.4 Å². The van der Waals surface area contributed by atoms with Gasteiger partial charge in [-0.3, -0.25) is 9.69 Å². The van der Waals surface area contributed by atoms with Crippen molar-refractivity contribution in [1.29, 1.82) is 0 Å². The van der Waals surface area contributed by atoms with Gasteiger partial charge in [0.05, 0.1) is 25.3 Å². The second-order valence-corrected chi connectivity index (χ2v) is 7.65. The molecule has 0 atom stereocenters. The summed E-state index contributed by atoms with van der Waals surface area (Å²) in [4.78, 5) is 15.2. The Bertz CT molecular complexity index is 979. The van der Waals surface area contributed by atoms with E-state index in [2.05, 4.69) is 18.7 Å². The number of Topliss-reactive ketones (excluding diaryl/α,β-unsaturated/α-hetero) is 1. The van der Waals surface area contributed by atoms with Crippen LogP contribution in [0.25, 0.3) is 6.08 Å². The van der Waals surface area contributed by atoms with Gasteiger partial charge >= 0.3 is 0 Å². The minimum atomic E-state index is -0.145. The molecule has 2 heterocycles. The Labute approximate surface area is 170 Å². The zero-order chi connectivity index (χ0) is 20.5. The van der Waals surface area contributed by atoms with Gasteiger partial charge in [-0.1, -0.05) is 13.8 Å². The second-order valence-electron chi connectivity index (χ2n) is 7.65. The fraction of sp³-hybridized carbons (Fsp3) is 0.348. The molecule has 152 valence electrons. The first kappa shape index (κ1) is 19.3. The van der Waals surface area contributed by atoms with Gasteiger partial charge in [-0.15, -0.1) is 0 Å². The molecule has 2 aromatic carbocycles. The first-order chi connectivity index (χ1) is 14.0. The number of nitrogens with zero attached hydrogens (tertiary/aromatic N) is 1. The van der Waals surface area contributed by atoms with Gasteiger partial charge in [0.1, 0.15) is 29.7 Å². The number of benzene rings is 2. The largest absolute Gasteiger partial charge is 0.497 e. The lowest BCUT2D eigenvalue weighted by Crippen LogP contribution is -2.34. The number of methoxy groups -OCH3 is 2. The summed E-state index contributed by atoms with van der Waals surface area (Å²) in [5.41, 5.74) is 2.20. The lowest BCUT2D eigenvalue weighted by atomic mass is 10.0. The summed E-state index contributed by atoms with van der Waals surface area (Å²) in [5.74, 6) is 3.32. The molecule has 4 rings (SSSR count). The molecule has 0 radical (unpaired) electrons. The van der Waals surface area contributed by atoms with Crippen molar-refractivity contribution in [3.8, 4) is 23.0 Å². The van der Waals surface area contributed by atoms with Gasteiger partial charge in [-0.2, -0.15) is 0 Å². The maximum Gasteiger partial charge on any atom is 0.231 e. The van der Waals surface area contributed by atoms with Crippen LogP contribution in [0, 0.1) is 5.92 Å². The second kappa shape index (κ2) is 7.79. The number of fused-ring (bicyclic) bond motifs is 3. The van der Waals surface area contributed by atoms with E-state index in [4.69, 9.17) is 18.9 Å². The number of carbonyl (C=O) groups excluding carboxylic acids is 1. The van der Waals surface area contributed by atoms with Crippen LogP contribution in [0.4, 0.5) is 0 Å². The van der Waals surface area contributed by atoms with Crippen LogP contribution in [0.2, 0.25) is 0 Å². The average molecular weight is 395 g/mol. The molecule has 0 saturated carbocycles. The molecule has 0 fully saturated rings. The predicted molar refractivity (Wildman–Crippen MR) is 110 cm³/mol. The monoisotopic (exact) mass is 395 g/mol. The lowest BCUT2D eigenvalue weighted by Gasteiger charge is -2.30. The fourth-order valence-corrected chi connectivity index (χ4v) is 3.73. The molecule has 0 aromatic heterocycles. The van der Waals surface area contributed by atoms with Crippen molar-refractivity contribution in [3.05, 3.63) is 52.8 Å². The third-order valence-electron chi connectivity index (χ3n) is 5.03. The fourth-order valence-electron chi connectivity index (χ4n) is 3.73. The molecule has 0 amide bonds. The van der Waals surface area contributed by atoms with Gasteiger partial charge in [0.2, 0.25) is 5.78 Å². The molecule has 2 aliphatic heterocycles. The first-order valence-electron chi connectivity index (χ1n) is 9.67. The Balaban J connectivity index is 1.69. The molecular formula is C23H25NO5. The summed E-state index contributed by atoms with van der Waals surface area (Å²) >= 11 is 0. The van der Waals surface area contributed by atoms with Crippen LogP contribution in [0.5, 0.6) is 23.0 Å². The standard InChI is InChI=1S/C23H25NO5/c1-14(2)11-24-12-18-20(28-13-24)8-6-17-22(25)21(29-23(17)18)10-15-9-16(26-3)5-7-19(15)27-4/h5-10,14H,11-13H2,1-4H3/b21-10-. The van der Waals surface area contributed by atoms with Crippen molar-refractivity contribution in [2.24, 2.45) is 5.92 Å². The van der Waals surface area contributed by atoms with E-state index in [1.807, 2.05) is 18.2 Å². The third-order valence-corrected chi connectivity index (χ3v) is 5.03. The molecule has 0 spiro atoms. The van der Waals surface area contributed by atoms with Crippen LogP contribution >= 0.6 is 0 Å². The van der Waals surface area contributed by atoms with E-state index in [-0.39, 0.29) is 11.5 Å². The number of ether oxygens (including phenoxy) is 4. The molecule has 0 aliphatic carbocycles. The van der Waals surface area contributed by atoms with Crippen LogP contribution < -0.4 is 18.9 Å². The highest BCUT2D eigenvalue weighted by molar-refractivity contribution is 6.15. The summed E-state index contributed by atoms with van der Waals surface area (Å²) in [6.07, 6.45) is 1.70. The van der Waals surface area contributed by atoms with Crippen molar-refractivity contribution in [2.45, 2.75) is 20.4 Å². The van der Waals surface area contributed by atoms with Crippen LogP contribution in [-0.4, -0.2) is 38.2 Å². The van der Waals surface area contributed by atoms with Gasteiger partial charge in [-0.05, 0) is 42.3 Å². The smallest absolute Gasteiger partial charge is 0.231 e. The van der Waals surface area contributed by atoms with Gasteiger partial charge < -0.3 is 18.9 Å². The Hall–Kier alpha value is -2.99. The van der Waals surface area contributed by atoms with Crippen molar-refractivity contribution in [3.63, 3.8) is 0 Å². The highest BCUT2D eigenvalue weighted by atomic mass is 16.5. The number of rotatable bonds is 5. The number of ketones is 1. The minimum absolute atomic E-state index is 0.145. The first-order valence-corrected chi connectivity index (χ1v) is 9.67. The SMILES string of the molecule is COc1ccc(OC)c(/C=C2\Oc3c(ccc4c3CN(CC(C)C)CO4)C2=O)c1. The average Bonchev–Trinajstić information content (AvgIpc) is 3.03. The van der Waals surface area contributed by atoms with Crippen LogP contribution in [0.1, 0.15) is 35.3 Å². The molecule has 2 aliphatic rings. The Kier molecular flexibility index (Phi) is 5.20. The summed E-state index contributed by atoms with van der Waals surface area (Å²) in [7, 11) is 3.19. The number of carbonyl (C=O) groups is 1. The highest BCUT2D eigenvalue weighted by Crippen LogP contribution is 2.42. The van der Waals surface area contributed by atoms with Gasteiger partial charge in [-0.25, -0.2) is 0 Å². The highest BCUT2D eigenvalue weighted by Gasteiger charge is 2.33. The molecule has 0 saturated heterocycles. The summed E-state index contributed by atoms with van der Waals surface area (Å²) in [6.45, 7) is 6.50. The molecule has 29 heavy (non-hydrogen) atoms. The lowest BCUT2D eigenvalue weighted by molar-refractivity contribution is 0.0832. The van der Waals surface area contributed by atoms with E-state index in [1.165, 1.54) is 0 Å². The zero-order valence-electron chi connectivity index (χ0n) is 17.2. The van der Waals surface area contributed by atoms with E-state index in [9.17, 15) is 4.79 Å². The molecule has 0 unspecified atom stereocenters. The normalized spacial score (nSPS) is 17.0. The quantitative estimate of drug-likeness (QED) is 0.710. The van der Waals surface area contributed by atoms with Gasteiger partial charge in [0, 0.05) is 18.7 Å².